The second kappa shape index (κ2) is 18.5. The van der Waals surface area contributed by atoms with Crippen LogP contribution in [0.1, 0.15) is 47.6 Å². The van der Waals surface area contributed by atoms with Gasteiger partial charge in [0.2, 0.25) is 0 Å². The van der Waals surface area contributed by atoms with Gasteiger partial charge in [-0.1, -0.05) is 25.4 Å². The van der Waals surface area contributed by atoms with Gasteiger partial charge < -0.3 is 29.8 Å². The zero-order valence-corrected chi connectivity index (χ0v) is 31.0. The number of nitrogens with two attached hydrogens (primary N) is 1. The summed E-state index contributed by atoms with van der Waals surface area (Å²) in [6.07, 6.45) is 4.05. The van der Waals surface area contributed by atoms with Crippen molar-refractivity contribution >= 4 is 39.2 Å². The minimum Gasteiger partial charge on any atom is -0.491 e. The molecule has 3 heterocycles. The molecule has 3 N–H and O–H groups in total. The van der Waals surface area contributed by atoms with Crippen LogP contribution in [0.15, 0.2) is 59.7 Å². The van der Waals surface area contributed by atoms with E-state index in [9.17, 15) is 19.2 Å². The van der Waals surface area contributed by atoms with Gasteiger partial charge in [-0.15, -0.1) is 0 Å². The molecule has 13 heteroatoms. The topological polar surface area (TPSA) is 154 Å². The minimum absolute atomic E-state index is 0.131. The van der Waals surface area contributed by atoms with Crippen molar-refractivity contribution in [3.63, 3.8) is 0 Å². The van der Waals surface area contributed by atoms with E-state index in [0.29, 0.717) is 94.1 Å². The first-order valence-corrected chi connectivity index (χ1v) is 17.2. The Hall–Kier alpha value is -4.93. The highest BCUT2D eigenvalue weighted by atomic mass is 35.5. The van der Waals surface area contributed by atoms with Crippen molar-refractivity contribution in [1.82, 2.24) is 19.9 Å². The quantitative estimate of drug-likeness (QED) is 0.104. The average molecular weight is 731 g/mol. The number of carbonyl (C=O) groups is 1. The molecule has 3 aromatic heterocycles. The third-order valence-electron chi connectivity index (χ3n) is 8.33. The third-order valence-corrected chi connectivity index (χ3v) is 8.56. The van der Waals surface area contributed by atoms with Crippen molar-refractivity contribution in [2.24, 2.45) is 11.7 Å². The van der Waals surface area contributed by atoms with Gasteiger partial charge in [0.15, 0.2) is 0 Å². The molecule has 0 unspecified atom stereocenters. The fraction of sp³-hybridized carbons (Fsp3) is 0.359. The number of aryl methyl sites for hydroxylation is 2. The number of hydrogen-bond donors (Lipinski definition) is 2. The van der Waals surface area contributed by atoms with E-state index in [4.69, 9.17) is 31.5 Å². The van der Waals surface area contributed by atoms with Gasteiger partial charge in [-0.2, -0.15) is 5.26 Å². The van der Waals surface area contributed by atoms with E-state index in [1.807, 2.05) is 13.0 Å². The zero-order chi connectivity index (χ0) is 37.9. The summed E-state index contributed by atoms with van der Waals surface area (Å²) in [6, 6.07) is 13.4. The highest BCUT2D eigenvalue weighted by molar-refractivity contribution is 6.30. The minimum atomic E-state index is -0.482. The molecule has 0 aliphatic heterocycles. The molecule has 274 valence electrons. The SMILES string of the molecule is COCCNC(=O)c1c(-c2ccc(Cl)cc2F)ccnc1C.COCCn1c(=O)c2c(C)nccc2c2cc(C#N)c(OC[C@@H](N)CC(C)C)cc21. The molecule has 1 atom stereocenters. The summed E-state index contributed by atoms with van der Waals surface area (Å²) in [4.78, 5) is 34.0. The number of hydrogen-bond acceptors (Lipinski definition) is 9. The van der Waals surface area contributed by atoms with Gasteiger partial charge in [-0.25, -0.2) is 4.39 Å². The molecular weight excluding hydrogens is 687 g/mol. The monoisotopic (exact) mass is 730 g/mol. The average Bonchev–Trinajstić information content (AvgIpc) is 3.10. The van der Waals surface area contributed by atoms with Crippen molar-refractivity contribution in [1.29, 1.82) is 5.26 Å². The standard InChI is InChI=1S/C23H28N4O3.C16H16ClFN2O2/c1-14(2)9-17(25)13-30-21-11-20-19(10-16(21)12-24)18-5-6-26-15(3)22(18)23(28)27(20)7-8-29-4;1-10-15(16(21)20-7-8-22-2)13(5-6-19-10)12-4-3-11(17)9-14(12)18/h5-6,10-11,14,17H,7-9,13,25H2,1-4H3;3-6,9H,7-8H2,1-2H3,(H,20,21)/t17-;/m0./s1. The van der Waals surface area contributed by atoms with Gasteiger partial charge >= 0.3 is 0 Å². The lowest BCUT2D eigenvalue weighted by molar-refractivity contribution is 0.0936. The highest BCUT2D eigenvalue weighted by Gasteiger charge is 2.20. The Balaban J connectivity index is 0.000000244. The molecular formula is C39H44ClFN6O5. The summed E-state index contributed by atoms with van der Waals surface area (Å²) < 4.78 is 31.9. The molecule has 0 saturated carbocycles. The van der Waals surface area contributed by atoms with Crippen LogP contribution in [0, 0.1) is 36.9 Å². The van der Waals surface area contributed by atoms with Crippen LogP contribution in [-0.2, 0) is 16.0 Å². The number of nitriles is 1. The van der Waals surface area contributed by atoms with Crippen molar-refractivity contribution < 1.29 is 23.4 Å². The molecule has 5 aromatic rings. The van der Waals surface area contributed by atoms with Crippen molar-refractivity contribution in [3.8, 4) is 22.9 Å². The maximum Gasteiger partial charge on any atom is 0.260 e. The number of carbonyl (C=O) groups excluding carboxylic acids is 1. The smallest absolute Gasteiger partial charge is 0.260 e. The van der Waals surface area contributed by atoms with Gasteiger partial charge in [0.05, 0.1) is 46.6 Å². The van der Waals surface area contributed by atoms with Crippen LogP contribution >= 0.6 is 11.6 Å². The lowest BCUT2D eigenvalue weighted by atomic mass is 9.98. The number of aromatic nitrogens is 3. The van der Waals surface area contributed by atoms with Crippen molar-refractivity contribution in [3.05, 3.63) is 98.6 Å². The number of halogens is 2. The largest absolute Gasteiger partial charge is 0.491 e. The fourth-order valence-corrected chi connectivity index (χ4v) is 6.09. The fourth-order valence-electron chi connectivity index (χ4n) is 5.94. The second-order valence-electron chi connectivity index (χ2n) is 12.6. The summed E-state index contributed by atoms with van der Waals surface area (Å²) in [5.74, 6) is 0.0917. The van der Waals surface area contributed by atoms with E-state index in [0.717, 1.165) is 17.2 Å². The number of fused-ring (bicyclic) bond motifs is 3. The highest BCUT2D eigenvalue weighted by Crippen LogP contribution is 2.31. The van der Waals surface area contributed by atoms with E-state index in [2.05, 4.69) is 35.2 Å². The molecule has 0 radical (unpaired) electrons. The van der Waals surface area contributed by atoms with E-state index in [-0.39, 0.29) is 17.5 Å². The molecule has 1 amide bonds. The number of benzene rings is 2. The second-order valence-corrected chi connectivity index (χ2v) is 13.1. The third kappa shape index (κ3) is 9.48. The molecule has 0 spiro atoms. The van der Waals surface area contributed by atoms with Gasteiger partial charge in [0, 0.05) is 73.3 Å². The first-order valence-electron chi connectivity index (χ1n) is 16.8. The first kappa shape index (κ1) is 39.8. The Bertz CT molecular complexity index is 2150. The number of nitrogens with one attached hydrogen (secondary N) is 1. The first-order chi connectivity index (χ1) is 24.9. The normalized spacial score (nSPS) is 11.6. The van der Waals surface area contributed by atoms with Crippen molar-refractivity contribution in [2.45, 2.75) is 46.7 Å². The zero-order valence-electron chi connectivity index (χ0n) is 30.3. The molecule has 5 rings (SSSR count). The Morgan fingerprint density at radius 2 is 1.73 bits per heavy atom. The molecule has 2 aromatic carbocycles. The van der Waals surface area contributed by atoms with E-state index in [1.165, 1.54) is 6.07 Å². The predicted octanol–water partition coefficient (Wildman–Crippen LogP) is 6.35. The van der Waals surface area contributed by atoms with Crippen LogP contribution in [-0.4, -0.2) is 67.1 Å². The predicted molar refractivity (Wildman–Crippen MR) is 201 cm³/mol. The van der Waals surface area contributed by atoms with Gasteiger partial charge in [0.1, 0.15) is 24.2 Å². The summed E-state index contributed by atoms with van der Waals surface area (Å²) in [6.45, 7) is 9.57. The van der Waals surface area contributed by atoms with Gasteiger partial charge in [0.25, 0.3) is 11.5 Å². The summed E-state index contributed by atoms with van der Waals surface area (Å²) >= 11 is 5.78. The lowest BCUT2D eigenvalue weighted by Crippen LogP contribution is -2.29. The lowest BCUT2D eigenvalue weighted by Gasteiger charge is -2.18. The van der Waals surface area contributed by atoms with E-state index < -0.39 is 5.82 Å². The van der Waals surface area contributed by atoms with Crippen LogP contribution in [0.25, 0.3) is 32.8 Å². The van der Waals surface area contributed by atoms with Crippen LogP contribution in [0.4, 0.5) is 4.39 Å². The van der Waals surface area contributed by atoms with Crippen LogP contribution in [0.5, 0.6) is 5.75 Å². The number of amides is 1. The Labute approximate surface area is 307 Å². The summed E-state index contributed by atoms with van der Waals surface area (Å²) in [7, 11) is 3.15. The number of nitrogens with zero attached hydrogens (tertiary/aromatic N) is 4. The van der Waals surface area contributed by atoms with E-state index >= 15 is 0 Å². The molecule has 11 nitrogen and oxygen atoms in total. The maximum absolute atomic E-state index is 14.2. The Kier molecular flexibility index (Phi) is 14.2. The molecule has 0 bridgehead atoms. The molecule has 0 saturated heterocycles. The van der Waals surface area contributed by atoms with Crippen LogP contribution in [0.3, 0.4) is 0 Å². The maximum atomic E-state index is 14.2. The number of ether oxygens (including phenoxy) is 3. The van der Waals surface area contributed by atoms with E-state index in [1.54, 1.807) is 68.4 Å². The van der Waals surface area contributed by atoms with Crippen molar-refractivity contribution in [2.75, 3.05) is 40.6 Å². The van der Waals surface area contributed by atoms with Crippen LogP contribution in [0.2, 0.25) is 5.02 Å². The number of rotatable bonds is 13. The summed E-state index contributed by atoms with van der Waals surface area (Å²) in [5.41, 5.74) is 9.45. The van der Waals surface area contributed by atoms with Crippen LogP contribution < -0.4 is 21.3 Å². The summed E-state index contributed by atoms with van der Waals surface area (Å²) in [5, 5.41) is 14.9. The molecule has 0 fully saturated rings. The van der Waals surface area contributed by atoms with Gasteiger partial charge in [-0.05, 0) is 68.0 Å². The Morgan fingerprint density at radius 1 is 1.02 bits per heavy atom. The molecule has 52 heavy (non-hydrogen) atoms. The molecule has 0 aliphatic rings. The molecule has 0 aliphatic carbocycles. The van der Waals surface area contributed by atoms with Gasteiger partial charge in [-0.3, -0.25) is 19.6 Å². The number of methoxy groups -OCH3 is 2. The Morgan fingerprint density at radius 3 is 2.40 bits per heavy atom. The number of pyridine rings is 3.